The van der Waals surface area contributed by atoms with Gasteiger partial charge in [0.05, 0.1) is 17.6 Å². The molecule has 10 nitrogen and oxygen atoms in total. The summed E-state index contributed by atoms with van der Waals surface area (Å²) in [5, 5.41) is 11.3. The molecule has 0 atom stereocenters. The lowest BCUT2D eigenvalue weighted by Crippen LogP contribution is -2.34. The molecule has 0 fully saturated rings. The maximum Gasteiger partial charge on any atom is 0.338 e. The number of likely N-dealkylation sites (N-methyl/N-ethyl adjacent to an activating group) is 1. The molecule has 2 aromatic carbocycles. The monoisotopic (exact) mass is 416 g/mol. The van der Waals surface area contributed by atoms with Crippen molar-refractivity contribution >= 4 is 17.6 Å². The maximum absolute atomic E-state index is 12.6. The summed E-state index contributed by atoms with van der Waals surface area (Å²) in [7, 11) is 1.18. The molecule has 0 bridgehead atoms. The van der Waals surface area contributed by atoms with Crippen LogP contribution in [0.5, 0.6) is 17.2 Å². The van der Waals surface area contributed by atoms with Gasteiger partial charge in [-0.3, -0.25) is 14.9 Å². The molecule has 0 saturated carbocycles. The summed E-state index contributed by atoms with van der Waals surface area (Å²) < 4.78 is 20.6. The van der Waals surface area contributed by atoms with Crippen molar-refractivity contribution in [3.8, 4) is 17.2 Å². The fraction of sp³-hybridized carbons (Fsp3) is 0.300. The van der Waals surface area contributed by atoms with Crippen LogP contribution >= 0.6 is 0 Å². The number of hydrogen-bond acceptors (Lipinski definition) is 8. The third-order valence-electron chi connectivity index (χ3n) is 4.47. The zero-order valence-electron chi connectivity index (χ0n) is 16.5. The van der Waals surface area contributed by atoms with Crippen molar-refractivity contribution in [2.75, 3.05) is 27.1 Å². The van der Waals surface area contributed by atoms with Gasteiger partial charge in [-0.25, -0.2) is 4.79 Å². The van der Waals surface area contributed by atoms with Crippen molar-refractivity contribution in [2.45, 2.75) is 13.5 Å². The molecule has 0 saturated heterocycles. The fourth-order valence-corrected chi connectivity index (χ4v) is 2.89. The first-order valence-corrected chi connectivity index (χ1v) is 9.08. The van der Waals surface area contributed by atoms with E-state index < -0.39 is 23.2 Å². The number of hydrogen-bond donors (Lipinski definition) is 0. The molecule has 1 aliphatic rings. The molecule has 0 aliphatic carbocycles. The lowest BCUT2D eigenvalue weighted by molar-refractivity contribution is -0.385. The molecule has 0 N–H and O–H groups in total. The van der Waals surface area contributed by atoms with Gasteiger partial charge in [-0.1, -0.05) is 6.07 Å². The van der Waals surface area contributed by atoms with Crippen LogP contribution in [0.3, 0.4) is 0 Å². The number of fused-ring (bicyclic) bond motifs is 1. The van der Waals surface area contributed by atoms with Crippen LogP contribution in [0.1, 0.15) is 22.8 Å². The van der Waals surface area contributed by atoms with Crippen LogP contribution < -0.4 is 14.2 Å². The Morgan fingerprint density at radius 1 is 1.17 bits per heavy atom. The van der Waals surface area contributed by atoms with Crippen molar-refractivity contribution < 1.29 is 33.5 Å². The molecule has 2 aromatic rings. The number of amides is 1. The average molecular weight is 416 g/mol. The highest BCUT2D eigenvalue weighted by Crippen LogP contribution is 2.33. The Morgan fingerprint density at radius 3 is 2.63 bits per heavy atom. The number of ether oxygens (including phenoxy) is 4. The maximum atomic E-state index is 12.6. The second-order valence-electron chi connectivity index (χ2n) is 6.32. The molecule has 158 valence electrons. The summed E-state index contributed by atoms with van der Waals surface area (Å²) in [6, 6.07) is 9.07. The van der Waals surface area contributed by atoms with E-state index in [9.17, 15) is 19.7 Å². The minimum absolute atomic E-state index is 0.0147. The SMILES string of the molecule is CCN(Cc1ccc2c(c1)OCO2)C(=O)COc1ccc(C(=O)OC)cc1[N+](=O)[O-]. The number of nitro benzene ring substituents is 1. The van der Waals surface area contributed by atoms with Gasteiger partial charge in [0.15, 0.2) is 23.9 Å². The number of methoxy groups -OCH3 is 1. The van der Waals surface area contributed by atoms with E-state index in [1.54, 1.807) is 17.0 Å². The van der Waals surface area contributed by atoms with Crippen molar-refractivity contribution in [1.29, 1.82) is 0 Å². The number of carbonyl (C=O) groups excluding carboxylic acids is 2. The number of carbonyl (C=O) groups is 2. The van der Waals surface area contributed by atoms with Crippen LogP contribution in [0.2, 0.25) is 0 Å². The third-order valence-corrected chi connectivity index (χ3v) is 4.47. The van der Waals surface area contributed by atoms with Crippen LogP contribution in [0.15, 0.2) is 36.4 Å². The van der Waals surface area contributed by atoms with E-state index in [0.29, 0.717) is 24.6 Å². The number of esters is 1. The molecule has 1 amide bonds. The summed E-state index contributed by atoms with van der Waals surface area (Å²) in [4.78, 5) is 36.3. The van der Waals surface area contributed by atoms with Gasteiger partial charge in [0.1, 0.15) is 0 Å². The molecular weight excluding hydrogens is 396 g/mol. The standard InChI is InChI=1S/C20H20N2O8/c1-3-21(10-13-4-6-17-18(8-13)30-12-29-17)19(23)11-28-16-7-5-14(20(24)27-2)9-15(16)22(25)26/h4-9H,3,10-12H2,1-2H3. The lowest BCUT2D eigenvalue weighted by Gasteiger charge is -2.21. The quantitative estimate of drug-likeness (QED) is 0.366. The molecule has 0 radical (unpaired) electrons. The van der Waals surface area contributed by atoms with Crippen molar-refractivity contribution in [3.63, 3.8) is 0 Å². The smallest absolute Gasteiger partial charge is 0.338 e. The zero-order valence-corrected chi connectivity index (χ0v) is 16.5. The predicted molar refractivity (Wildman–Crippen MR) is 104 cm³/mol. The van der Waals surface area contributed by atoms with Crippen LogP contribution in [-0.2, 0) is 16.1 Å². The van der Waals surface area contributed by atoms with Gasteiger partial charge < -0.3 is 23.8 Å². The van der Waals surface area contributed by atoms with Crippen molar-refractivity contribution in [2.24, 2.45) is 0 Å². The third kappa shape index (κ3) is 4.59. The number of benzene rings is 2. The molecular formula is C20H20N2O8. The van der Waals surface area contributed by atoms with E-state index in [2.05, 4.69) is 4.74 Å². The molecule has 0 aromatic heterocycles. The van der Waals surface area contributed by atoms with E-state index in [1.807, 2.05) is 13.0 Å². The van der Waals surface area contributed by atoms with Crippen LogP contribution in [0.25, 0.3) is 0 Å². The van der Waals surface area contributed by atoms with Gasteiger partial charge in [0, 0.05) is 19.2 Å². The van der Waals surface area contributed by atoms with Crippen molar-refractivity contribution in [3.05, 3.63) is 57.6 Å². The van der Waals surface area contributed by atoms with Crippen LogP contribution in [0.4, 0.5) is 5.69 Å². The normalized spacial score (nSPS) is 11.7. The van der Waals surface area contributed by atoms with Gasteiger partial charge in [-0.05, 0) is 36.8 Å². The molecule has 0 spiro atoms. The minimum Gasteiger partial charge on any atom is -0.477 e. The average Bonchev–Trinajstić information content (AvgIpc) is 3.22. The zero-order chi connectivity index (χ0) is 21.7. The van der Waals surface area contributed by atoms with Gasteiger partial charge in [-0.15, -0.1) is 0 Å². The van der Waals surface area contributed by atoms with E-state index in [4.69, 9.17) is 14.2 Å². The Balaban J connectivity index is 1.67. The summed E-state index contributed by atoms with van der Waals surface area (Å²) in [6.45, 7) is 2.32. The highest BCUT2D eigenvalue weighted by Gasteiger charge is 2.22. The number of nitro groups is 1. The number of rotatable bonds is 8. The first kappa shape index (κ1) is 20.9. The van der Waals surface area contributed by atoms with E-state index in [-0.39, 0.29) is 24.0 Å². The number of nitrogens with zero attached hydrogens (tertiary/aromatic N) is 2. The first-order valence-electron chi connectivity index (χ1n) is 9.08. The van der Waals surface area contributed by atoms with Crippen molar-refractivity contribution in [1.82, 2.24) is 4.90 Å². The molecule has 3 rings (SSSR count). The topological polar surface area (TPSA) is 117 Å². The summed E-state index contributed by atoms with van der Waals surface area (Å²) in [5.74, 6) is 0.107. The Labute approximate surface area is 172 Å². The molecule has 30 heavy (non-hydrogen) atoms. The summed E-state index contributed by atoms with van der Waals surface area (Å²) in [5.41, 5.74) is 0.438. The highest BCUT2D eigenvalue weighted by molar-refractivity contribution is 5.90. The second-order valence-corrected chi connectivity index (χ2v) is 6.32. The molecule has 1 aliphatic heterocycles. The molecule has 10 heteroatoms. The summed E-state index contributed by atoms with van der Waals surface area (Å²) in [6.07, 6.45) is 0. The molecule has 0 unspecified atom stereocenters. The van der Waals surface area contributed by atoms with Gasteiger partial charge in [-0.2, -0.15) is 0 Å². The molecule has 1 heterocycles. The predicted octanol–water partition coefficient (Wildman–Crippen LogP) is 2.54. The Bertz CT molecular complexity index is 975. The largest absolute Gasteiger partial charge is 0.477 e. The Morgan fingerprint density at radius 2 is 1.93 bits per heavy atom. The summed E-state index contributed by atoms with van der Waals surface area (Å²) >= 11 is 0. The van der Waals surface area contributed by atoms with Crippen LogP contribution in [0, 0.1) is 10.1 Å². The highest BCUT2D eigenvalue weighted by atomic mass is 16.7. The van der Waals surface area contributed by atoms with Gasteiger partial charge in [0.25, 0.3) is 5.91 Å². The van der Waals surface area contributed by atoms with E-state index in [1.165, 1.54) is 19.2 Å². The Hall–Kier alpha value is -3.82. The fourth-order valence-electron chi connectivity index (χ4n) is 2.89. The minimum atomic E-state index is -0.707. The van der Waals surface area contributed by atoms with Gasteiger partial charge >= 0.3 is 11.7 Å². The Kier molecular flexibility index (Phi) is 6.35. The van der Waals surface area contributed by atoms with E-state index >= 15 is 0 Å². The van der Waals surface area contributed by atoms with E-state index in [0.717, 1.165) is 11.6 Å². The first-order chi connectivity index (χ1) is 14.4. The van der Waals surface area contributed by atoms with Gasteiger partial charge in [0.2, 0.25) is 6.79 Å². The second kappa shape index (κ2) is 9.12. The van der Waals surface area contributed by atoms with Crippen LogP contribution in [-0.4, -0.2) is 48.8 Å². The lowest BCUT2D eigenvalue weighted by atomic mass is 10.2.